The predicted octanol–water partition coefficient (Wildman–Crippen LogP) is 21.0. The fourth-order valence-electron chi connectivity index (χ4n) is 13.6. The second-order valence-electron chi connectivity index (χ2n) is 22.6. The number of benzene rings is 13. The van der Waals surface area contributed by atoms with Gasteiger partial charge in [0.1, 0.15) is 0 Å². The summed E-state index contributed by atoms with van der Waals surface area (Å²) in [4.78, 5) is 16.5. The number of fused-ring (bicyclic) bond motifs is 11. The minimum Gasteiger partial charge on any atom is -0.309 e. The highest BCUT2D eigenvalue weighted by atomic mass is 15.0. The van der Waals surface area contributed by atoms with Crippen molar-refractivity contribution in [3.63, 3.8) is 0 Å². The van der Waals surface area contributed by atoms with E-state index in [1.54, 1.807) is 0 Å². The highest BCUT2D eigenvalue weighted by Crippen LogP contribution is 2.51. The molecule has 0 atom stereocenters. The zero-order chi connectivity index (χ0) is 57.4. The van der Waals surface area contributed by atoms with Gasteiger partial charge in [0.2, 0.25) is 0 Å². The van der Waals surface area contributed by atoms with E-state index in [0.717, 1.165) is 101 Å². The lowest BCUT2D eigenvalue weighted by Gasteiger charge is -2.21. The van der Waals surface area contributed by atoms with Gasteiger partial charge >= 0.3 is 0 Å². The third-order valence-electron chi connectivity index (χ3n) is 17.6. The van der Waals surface area contributed by atoms with Gasteiger partial charge in [-0.2, -0.15) is 0 Å². The zero-order valence-corrected chi connectivity index (χ0v) is 47.4. The summed E-state index contributed by atoms with van der Waals surface area (Å²) >= 11 is 0. The van der Waals surface area contributed by atoms with Gasteiger partial charge in [-0.25, -0.2) is 15.0 Å². The summed E-state index contributed by atoms with van der Waals surface area (Å²) in [5.74, 6) is 1.75. The topological polar surface area (TPSA) is 48.5 Å². The van der Waals surface area contributed by atoms with Crippen molar-refractivity contribution in [2.75, 3.05) is 0 Å². The average Bonchev–Trinajstić information content (AvgIpc) is 1.66. The van der Waals surface area contributed by atoms with Crippen molar-refractivity contribution < 1.29 is 0 Å². The summed E-state index contributed by atoms with van der Waals surface area (Å²) in [5.41, 5.74) is 25.9. The maximum absolute atomic E-state index is 5.58. The standard InChI is InChI=1S/C82H53N5/c1-7-23-53(24-8-1)56-39-41-59(42-40-56)80-83-81(62-48-60(54-25-9-2-10-26-54)47-61(49-62)55-27-11-3-12-28-55)85-82(84-80)63-50-69(57-29-13-4-14-30-57)79(70(51-63)58-31-15-5-16-32-58)87-74-38-22-20-36-68(74)78-72-52-71-65(66(72)44-46-76(78)87)43-45-75-77(71)67-35-19-21-37-73(67)86(75)64-33-17-6-18-34-64/h1-51H,52H2. The molecule has 0 N–H and O–H groups in total. The molecule has 0 fully saturated rings. The van der Waals surface area contributed by atoms with Crippen LogP contribution in [-0.4, -0.2) is 24.1 Å². The first-order valence-electron chi connectivity index (χ1n) is 29.8. The molecule has 5 nitrogen and oxygen atoms in total. The van der Waals surface area contributed by atoms with E-state index in [-0.39, 0.29) is 0 Å². The minimum absolute atomic E-state index is 0.576. The number of rotatable bonds is 10. The van der Waals surface area contributed by atoms with E-state index in [2.05, 4.69) is 319 Å². The lowest BCUT2D eigenvalue weighted by molar-refractivity contribution is 1.07. The summed E-state index contributed by atoms with van der Waals surface area (Å²) in [7, 11) is 0. The average molecular weight is 1110 g/mol. The van der Waals surface area contributed by atoms with E-state index in [9.17, 15) is 0 Å². The molecule has 17 rings (SSSR count). The summed E-state index contributed by atoms with van der Waals surface area (Å²) in [5, 5.41) is 5.09. The van der Waals surface area contributed by atoms with Crippen LogP contribution in [0.3, 0.4) is 0 Å². The maximum Gasteiger partial charge on any atom is 0.164 e. The summed E-state index contributed by atoms with van der Waals surface area (Å²) in [6.45, 7) is 0. The molecule has 0 saturated heterocycles. The Hall–Kier alpha value is -11.5. The maximum atomic E-state index is 5.58. The van der Waals surface area contributed by atoms with Crippen LogP contribution >= 0.6 is 0 Å². The predicted molar refractivity (Wildman–Crippen MR) is 360 cm³/mol. The minimum atomic E-state index is 0.576. The Kier molecular flexibility index (Phi) is 11.9. The molecule has 1 aliphatic rings. The van der Waals surface area contributed by atoms with Gasteiger partial charge in [-0.05, 0) is 133 Å². The molecule has 1 aliphatic carbocycles. The Labute approximate surface area is 504 Å². The fraction of sp³-hybridized carbons (Fsp3) is 0.0122. The Morgan fingerprint density at radius 1 is 0.230 bits per heavy atom. The van der Waals surface area contributed by atoms with Crippen molar-refractivity contribution >= 4 is 43.6 Å². The van der Waals surface area contributed by atoms with E-state index in [4.69, 9.17) is 15.0 Å². The normalized spacial score (nSPS) is 11.9. The molecule has 0 aliphatic heterocycles. The van der Waals surface area contributed by atoms with Crippen LogP contribution in [0.15, 0.2) is 309 Å². The Morgan fingerprint density at radius 3 is 1.06 bits per heavy atom. The molecule has 13 aromatic carbocycles. The smallest absolute Gasteiger partial charge is 0.164 e. The van der Waals surface area contributed by atoms with E-state index >= 15 is 0 Å². The van der Waals surface area contributed by atoms with E-state index in [1.165, 1.54) is 54.8 Å². The van der Waals surface area contributed by atoms with Crippen molar-refractivity contribution in [2.24, 2.45) is 0 Å². The molecule has 0 bridgehead atoms. The van der Waals surface area contributed by atoms with Gasteiger partial charge in [-0.15, -0.1) is 0 Å². The van der Waals surface area contributed by atoms with Gasteiger partial charge in [-0.3, -0.25) is 0 Å². The van der Waals surface area contributed by atoms with Crippen molar-refractivity contribution in [2.45, 2.75) is 6.42 Å². The van der Waals surface area contributed by atoms with Gasteiger partial charge < -0.3 is 9.13 Å². The van der Waals surface area contributed by atoms with Crippen LogP contribution < -0.4 is 0 Å². The number of nitrogens with zero attached hydrogens (tertiary/aromatic N) is 5. The van der Waals surface area contributed by atoms with Crippen LogP contribution in [0.2, 0.25) is 0 Å². The quantitative estimate of drug-likeness (QED) is 0.137. The van der Waals surface area contributed by atoms with Gasteiger partial charge in [0.25, 0.3) is 0 Å². The van der Waals surface area contributed by atoms with Crippen molar-refractivity contribution in [3.05, 3.63) is 321 Å². The molecule has 16 aromatic rings. The first kappa shape index (κ1) is 50.0. The van der Waals surface area contributed by atoms with Crippen molar-refractivity contribution in [1.82, 2.24) is 24.1 Å². The molecular weight excluding hydrogens is 1050 g/mol. The lowest BCUT2D eigenvalue weighted by atomic mass is 9.92. The Bertz CT molecular complexity index is 5190. The first-order chi connectivity index (χ1) is 43.1. The number of aromatic nitrogens is 5. The second kappa shape index (κ2) is 20.7. The second-order valence-corrected chi connectivity index (χ2v) is 22.6. The molecule has 0 amide bonds. The van der Waals surface area contributed by atoms with Crippen LogP contribution in [-0.2, 0) is 6.42 Å². The molecule has 0 saturated carbocycles. The molecule has 406 valence electrons. The molecule has 3 heterocycles. The molecule has 0 unspecified atom stereocenters. The fourth-order valence-corrected chi connectivity index (χ4v) is 13.6. The van der Waals surface area contributed by atoms with Crippen LogP contribution in [0, 0.1) is 0 Å². The molecule has 87 heavy (non-hydrogen) atoms. The molecule has 5 heteroatoms. The summed E-state index contributed by atoms with van der Waals surface area (Å²) < 4.78 is 4.97. The molecule has 0 spiro atoms. The highest BCUT2D eigenvalue weighted by molar-refractivity contribution is 6.18. The van der Waals surface area contributed by atoms with E-state index < -0.39 is 0 Å². The van der Waals surface area contributed by atoms with E-state index in [0.29, 0.717) is 17.5 Å². The molecule has 3 aromatic heterocycles. The SMILES string of the molecule is c1ccc(-c2ccc(-c3nc(-c4cc(-c5ccccc5)cc(-c5ccccc5)c4)nc(-c4cc(-c5ccccc5)c(-n5c6ccccc6c6c7c(ccc65)-c5ccc6c(c5C7)c5ccccc5n6-c5ccccc5)c(-c5ccccc5)c4)n3)cc2)cc1. The third kappa shape index (κ3) is 8.50. The van der Waals surface area contributed by atoms with E-state index in [1.807, 2.05) is 0 Å². The number of hydrogen-bond donors (Lipinski definition) is 0. The monoisotopic (exact) mass is 1110 g/mol. The Morgan fingerprint density at radius 2 is 0.575 bits per heavy atom. The largest absolute Gasteiger partial charge is 0.309 e. The van der Waals surface area contributed by atoms with Crippen LogP contribution in [0.4, 0.5) is 0 Å². The summed E-state index contributed by atoms with van der Waals surface area (Å²) in [6.07, 6.45) is 0.812. The highest BCUT2D eigenvalue weighted by Gasteiger charge is 2.30. The third-order valence-corrected chi connectivity index (χ3v) is 17.6. The van der Waals surface area contributed by atoms with Gasteiger partial charge in [0.15, 0.2) is 17.5 Å². The summed E-state index contributed by atoms with van der Waals surface area (Å²) in [6, 6.07) is 111. The van der Waals surface area contributed by atoms with Gasteiger partial charge in [0, 0.05) is 61.5 Å². The molecule has 0 radical (unpaired) electrons. The first-order valence-corrected chi connectivity index (χ1v) is 29.8. The van der Waals surface area contributed by atoms with Gasteiger partial charge in [-0.1, -0.05) is 243 Å². The van der Waals surface area contributed by atoms with Crippen molar-refractivity contribution in [3.8, 4) is 112 Å². The number of hydrogen-bond acceptors (Lipinski definition) is 3. The van der Waals surface area contributed by atoms with Gasteiger partial charge in [0.05, 0.1) is 27.8 Å². The van der Waals surface area contributed by atoms with Crippen LogP contribution in [0.1, 0.15) is 11.1 Å². The van der Waals surface area contributed by atoms with Crippen LogP contribution in [0.5, 0.6) is 0 Å². The van der Waals surface area contributed by atoms with Crippen molar-refractivity contribution in [1.29, 1.82) is 0 Å². The lowest BCUT2D eigenvalue weighted by Crippen LogP contribution is -2.04. The number of para-hydroxylation sites is 3. The zero-order valence-electron chi connectivity index (χ0n) is 47.4. The Balaban J connectivity index is 0.903. The molecular formula is C82H53N5. The van der Waals surface area contributed by atoms with Crippen LogP contribution in [0.25, 0.3) is 156 Å².